The van der Waals surface area contributed by atoms with Gasteiger partial charge >= 0.3 is 0 Å². The fourth-order valence-electron chi connectivity index (χ4n) is 4.00. The van der Waals surface area contributed by atoms with Crippen LogP contribution < -0.4 is 0 Å². The average molecular weight is 324 g/mol. The normalized spacial score (nSPS) is 20.5. The van der Waals surface area contributed by atoms with E-state index >= 15 is 0 Å². The topological polar surface area (TPSA) is 23.8 Å². The molecule has 24 heavy (non-hydrogen) atoms. The van der Waals surface area contributed by atoms with Gasteiger partial charge in [0.15, 0.2) is 0 Å². The van der Waals surface area contributed by atoms with Crippen LogP contribution in [0, 0.1) is 23.2 Å². The minimum Gasteiger partial charge on any atom is -0.192 e. The molecular weight excluding hydrogens is 290 g/mol. The number of hydrogen-bond donors (Lipinski definition) is 0. The summed E-state index contributed by atoms with van der Waals surface area (Å²) in [4.78, 5) is 0. The third-order valence-electron chi connectivity index (χ3n) is 5.66. The molecular formula is C23H33N. The van der Waals surface area contributed by atoms with Crippen molar-refractivity contribution in [3.8, 4) is 6.07 Å². The third-order valence-corrected chi connectivity index (χ3v) is 5.66. The van der Waals surface area contributed by atoms with Crippen LogP contribution in [0.4, 0.5) is 0 Å². The van der Waals surface area contributed by atoms with Crippen molar-refractivity contribution in [3.05, 3.63) is 48.0 Å². The van der Waals surface area contributed by atoms with Gasteiger partial charge in [-0.1, -0.05) is 69.6 Å². The summed E-state index contributed by atoms with van der Waals surface area (Å²) in [5, 5.41) is 8.85. The summed E-state index contributed by atoms with van der Waals surface area (Å²) < 4.78 is 0. The lowest BCUT2D eigenvalue weighted by Gasteiger charge is -2.28. The van der Waals surface area contributed by atoms with E-state index in [0.717, 1.165) is 17.4 Å². The second-order valence-corrected chi connectivity index (χ2v) is 7.51. The maximum atomic E-state index is 8.85. The van der Waals surface area contributed by atoms with Gasteiger partial charge in [0.1, 0.15) is 0 Å². The first kappa shape index (κ1) is 18.8. The first-order chi connectivity index (χ1) is 11.8. The molecule has 1 aliphatic rings. The molecule has 0 atom stereocenters. The standard InChI is InChI=1S/C23H33N/c1-2-3-4-5-6-7-8-20-9-11-21(12-10-20)13-14-22-15-17-23(19-24)18-16-22/h2,15-18,20-21H,1,3-14H2. The summed E-state index contributed by atoms with van der Waals surface area (Å²) in [6.45, 7) is 3.79. The van der Waals surface area contributed by atoms with Crippen LogP contribution in [0.15, 0.2) is 36.9 Å². The molecule has 2 rings (SSSR count). The predicted molar refractivity (Wildman–Crippen MR) is 103 cm³/mol. The Labute approximate surface area is 148 Å². The molecule has 1 saturated carbocycles. The number of nitrogens with zero attached hydrogens (tertiary/aromatic N) is 1. The first-order valence-electron chi connectivity index (χ1n) is 9.91. The van der Waals surface area contributed by atoms with Gasteiger partial charge in [0, 0.05) is 0 Å². The van der Waals surface area contributed by atoms with Gasteiger partial charge in [-0.25, -0.2) is 0 Å². The van der Waals surface area contributed by atoms with E-state index in [1.165, 1.54) is 82.6 Å². The molecule has 130 valence electrons. The number of aryl methyl sites for hydroxylation is 1. The maximum absolute atomic E-state index is 8.85. The lowest BCUT2D eigenvalue weighted by Crippen LogP contribution is -2.15. The Morgan fingerprint density at radius 1 is 0.917 bits per heavy atom. The molecule has 0 amide bonds. The summed E-state index contributed by atoms with van der Waals surface area (Å²) in [5.41, 5.74) is 2.15. The fraction of sp³-hybridized carbons (Fsp3) is 0.609. The average Bonchev–Trinajstić information content (AvgIpc) is 2.64. The maximum Gasteiger partial charge on any atom is 0.0991 e. The van der Waals surface area contributed by atoms with Gasteiger partial charge in [0.2, 0.25) is 0 Å². The highest BCUT2D eigenvalue weighted by Crippen LogP contribution is 2.34. The van der Waals surface area contributed by atoms with Crippen molar-refractivity contribution in [1.29, 1.82) is 5.26 Å². The molecule has 1 aliphatic carbocycles. The van der Waals surface area contributed by atoms with Crippen LogP contribution in [0.25, 0.3) is 0 Å². The third kappa shape index (κ3) is 6.91. The molecule has 0 heterocycles. The van der Waals surface area contributed by atoms with E-state index in [0.29, 0.717) is 0 Å². The van der Waals surface area contributed by atoms with E-state index in [1.807, 2.05) is 18.2 Å². The molecule has 1 aromatic rings. The smallest absolute Gasteiger partial charge is 0.0991 e. The van der Waals surface area contributed by atoms with E-state index in [9.17, 15) is 0 Å². The van der Waals surface area contributed by atoms with Crippen LogP contribution in [-0.4, -0.2) is 0 Å². The molecule has 0 radical (unpaired) electrons. The molecule has 0 saturated heterocycles. The molecule has 0 aliphatic heterocycles. The van der Waals surface area contributed by atoms with Crippen molar-refractivity contribution in [2.75, 3.05) is 0 Å². The van der Waals surface area contributed by atoms with Gasteiger partial charge in [-0.05, 0) is 55.2 Å². The highest BCUT2D eigenvalue weighted by atomic mass is 14.3. The van der Waals surface area contributed by atoms with Gasteiger partial charge in [-0.15, -0.1) is 6.58 Å². The summed E-state index contributed by atoms with van der Waals surface area (Å²) >= 11 is 0. The molecule has 0 aromatic heterocycles. The van der Waals surface area contributed by atoms with Crippen LogP contribution in [0.5, 0.6) is 0 Å². The Kier molecular flexibility index (Phi) is 8.67. The molecule has 1 nitrogen and oxygen atoms in total. The molecule has 0 unspecified atom stereocenters. The number of unbranched alkanes of at least 4 members (excludes halogenated alkanes) is 4. The second kappa shape index (κ2) is 11.1. The van der Waals surface area contributed by atoms with Crippen molar-refractivity contribution < 1.29 is 0 Å². The molecule has 1 fully saturated rings. The molecule has 1 heteroatoms. The lowest BCUT2D eigenvalue weighted by atomic mass is 9.77. The van der Waals surface area contributed by atoms with E-state index < -0.39 is 0 Å². The second-order valence-electron chi connectivity index (χ2n) is 7.51. The summed E-state index contributed by atoms with van der Waals surface area (Å²) in [6.07, 6.45) is 18.5. The fourth-order valence-corrected chi connectivity index (χ4v) is 4.00. The van der Waals surface area contributed by atoms with Gasteiger partial charge in [0.05, 0.1) is 11.6 Å². The Morgan fingerprint density at radius 2 is 1.54 bits per heavy atom. The largest absolute Gasteiger partial charge is 0.192 e. The van der Waals surface area contributed by atoms with Crippen LogP contribution in [0.3, 0.4) is 0 Å². The van der Waals surface area contributed by atoms with Crippen LogP contribution in [-0.2, 0) is 6.42 Å². The monoisotopic (exact) mass is 323 g/mol. The highest BCUT2D eigenvalue weighted by molar-refractivity contribution is 5.31. The van der Waals surface area contributed by atoms with Crippen LogP contribution >= 0.6 is 0 Å². The van der Waals surface area contributed by atoms with Gasteiger partial charge in [0.25, 0.3) is 0 Å². The van der Waals surface area contributed by atoms with Gasteiger partial charge in [-0.2, -0.15) is 5.26 Å². The van der Waals surface area contributed by atoms with Gasteiger partial charge in [-0.3, -0.25) is 0 Å². The zero-order chi connectivity index (χ0) is 17.0. The van der Waals surface area contributed by atoms with Gasteiger partial charge < -0.3 is 0 Å². The van der Waals surface area contributed by atoms with E-state index in [4.69, 9.17) is 5.26 Å². The SMILES string of the molecule is C=CCCCCCCC1CCC(CCc2ccc(C#N)cc2)CC1. The Hall–Kier alpha value is -1.55. The summed E-state index contributed by atoms with van der Waals surface area (Å²) in [6, 6.07) is 10.3. The van der Waals surface area contributed by atoms with Crippen molar-refractivity contribution >= 4 is 0 Å². The van der Waals surface area contributed by atoms with E-state index in [1.54, 1.807) is 0 Å². The molecule has 1 aromatic carbocycles. The number of hydrogen-bond acceptors (Lipinski definition) is 1. The minimum absolute atomic E-state index is 0.767. The van der Waals surface area contributed by atoms with Crippen molar-refractivity contribution in [3.63, 3.8) is 0 Å². The number of benzene rings is 1. The van der Waals surface area contributed by atoms with Crippen molar-refractivity contribution in [1.82, 2.24) is 0 Å². The minimum atomic E-state index is 0.767. The van der Waals surface area contributed by atoms with E-state index in [2.05, 4.69) is 24.8 Å². The Balaban J connectivity index is 1.55. The van der Waals surface area contributed by atoms with Crippen molar-refractivity contribution in [2.24, 2.45) is 11.8 Å². The summed E-state index contributed by atoms with van der Waals surface area (Å²) in [5.74, 6) is 1.92. The number of rotatable bonds is 10. The quantitative estimate of drug-likeness (QED) is 0.342. The van der Waals surface area contributed by atoms with Crippen molar-refractivity contribution in [2.45, 2.75) is 77.0 Å². The highest BCUT2D eigenvalue weighted by Gasteiger charge is 2.20. The Morgan fingerprint density at radius 3 is 2.17 bits per heavy atom. The summed E-state index contributed by atoms with van der Waals surface area (Å²) in [7, 11) is 0. The van der Waals surface area contributed by atoms with E-state index in [-0.39, 0.29) is 0 Å². The molecule has 0 bridgehead atoms. The van der Waals surface area contributed by atoms with Crippen LogP contribution in [0.1, 0.15) is 81.8 Å². The first-order valence-corrected chi connectivity index (χ1v) is 9.91. The number of nitriles is 1. The lowest BCUT2D eigenvalue weighted by molar-refractivity contribution is 0.249. The zero-order valence-corrected chi connectivity index (χ0v) is 15.2. The Bertz CT molecular complexity index is 500. The molecule has 0 N–H and O–H groups in total. The molecule has 0 spiro atoms. The predicted octanol–water partition coefficient (Wildman–Crippen LogP) is 6.82. The zero-order valence-electron chi connectivity index (χ0n) is 15.2. The van der Waals surface area contributed by atoms with Crippen LogP contribution in [0.2, 0.25) is 0 Å². The number of allylic oxidation sites excluding steroid dienone is 1.